The van der Waals surface area contributed by atoms with E-state index in [9.17, 15) is 9.90 Å². The van der Waals surface area contributed by atoms with Gasteiger partial charge in [-0.05, 0) is 31.0 Å². The van der Waals surface area contributed by atoms with Crippen LogP contribution in [-0.4, -0.2) is 39.2 Å². The number of anilines is 1. The lowest BCUT2D eigenvalue weighted by molar-refractivity contribution is 0.0690. The van der Waals surface area contributed by atoms with Crippen LogP contribution in [0.25, 0.3) is 5.69 Å². The molecule has 6 nitrogen and oxygen atoms in total. The van der Waals surface area contributed by atoms with Gasteiger partial charge < -0.3 is 10.0 Å². The minimum atomic E-state index is -1.07. The Kier molecular flexibility index (Phi) is 3.31. The lowest BCUT2D eigenvalue weighted by Crippen LogP contribution is -2.20. The second-order valence-electron chi connectivity index (χ2n) is 4.64. The molecule has 1 aromatic carbocycles. The number of nitrogens with zero attached hydrogens (tertiary/aromatic N) is 4. The Hall–Kier alpha value is -2.08. The van der Waals surface area contributed by atoms with Gasteiger partial charge in [-0.2, -0.15) is 0 Å². The molecular weight excluding hydrogens is 280 g/mol. The van der Waals surface area contributed by atoms with Gasteiger partial charge in [0.2, 0.25) is 5.69 Å². The number of rotatable bonds is 3. The Balaban J connectivity index is 2.05. The van der Waals surface area contributed by atoms with E-state index >= 15 is 0 Å². The zero-order valence-electron chi connectivity index (χ0n) is 10.7. The fraction of sp³-hybridized carbons (Fsp3) is 0.308. The van der Waals surface area contributed by atoms with Crippen molar-refractivity contribution < 1.29 is 9.90 Å². The third kappa shape index (κ3) is 2.34. The summed E-state index contributed by atoms with van der Waals surface area (Å²) in [6.07, 6.45) is 2.09. The van der Waals surface area contributed by atoms with E-state index in [0.717, 1.165) is 25.9 Å². The zero-order chi connectivity index (χ0) is 14.1. The Labute approximate surface area is 120 Å². The summed E-state index contributed by atoms with van der Waals surface area (Å²) in [6.45, 7) is 1.63. The van der Waals surface area contributed by atoms with Crippen LogP contribution in [-0.2, 0) is 0 Å². The number of hydrogen-bond acceptors (Lipinski definition) is 4. The van der Waals surface area contributed by atoms with Gasteiger partial charge >= 0.3 is 5.97 Å². The van der Waals surface area contributed by atoms with Crippen LogP contribution in [0.3, 0.4) is 0 Å². The molecule has 0 amide bonds. The predicted octanol–water partition coefficient (Wildman–Crippen LogP) is 2.22. The van der Waals surface area contributed by atoms with Crippen LogP contribution in [0.4, 0.5) is 5.82 Å². The maximum absolute atomic E-state index is 11.3. The van der Waals surface area contributed by atoms with E-state index in [1.807, 2.05) is 4.90 Å². The van der Waals surface area contributed by atoms with Gasteiger partial charge in [0.05, 0.1) is 5.69 Å². The Morgan fingerprint density at radius 3 is 2.65 bits per heavy atom. The van der Waals surface area contributed by atoms with Crippen LogP contribution in [0.2, 0.25) is 5.02 Å². The molecule has 0 bridgehead atoms. The van der Waals surface area contributed by atoms with Crippen LogP contribution in [0.15, 0.2) is 24.3 Å². The fourth-order valence-electron chi connectivity index (χ4n) is 2.30. The average molecular weight is 293 g/mol. The molecule has 1 aliphatic heterocycles. The minimum absolute atomic E-state index is 0.0214. The van der Waals surface area contributed by atoms with Crippen LogP contribution in [0, 0.1) is 0 Å². The molecule has 1 aliphatic rings. The molecule has 104 valence electrons. The highest BCUT2D eigenvalue weighted by atomic mass is 35.5. The number of hydrogen-bond donors (Lipinski definition) is 1. The van der Waals surface area contributed by atoms with Gasteiger partial charge in [-0.25, -0.2) is 4.79 Å². The molecule has 0 saturated carbocycles. The maximum Gasteiger partial charge on any atom is 0.360 e. The van der Waals surface area contributed by atoms with Gasteiger partial charge in [0.1, 0.15) is 0 Å². The molecule has 0 aliphatic carbocycles. The van der Waals surface area contributed by atoms with Crippen molar-refractivity contribution in [2.24, 2.45) is 0 Å². The van der Waals surface area contributed by atoms with Crippen molar-refractivity contribution in [3.63, 3.8) is 0 Å². The standard InChI is InChI=1S/C13H13ClN4O2/c14-9-4-3-5-10(8-9)18-15-11(13(19)20)12(16-18)17-6-1-2-7-17/h3-5,8H,1-2,6-7H2,(H,19,20). The molecule has 0 spiro atoms. The first-order valence-corrected chi connectivity index (χ1v) is 6.74. The summed E-state index contributed by atoms with van der Waals surface area (Å²) < 4.78 is 0. The Bertz CT molecular complexity index is 650. The highest BCUT2D eigenvalue weighted by molar-refractivity contribution is 6.30. The summed E-state index contributed by atoms with van der Waals surface area (Å²) >= 11 is 5.94. The van der Waals surface area contributed by atoms with Crippen molar-refractivity contribution in [1.82, 2.24) is 15.0 Å². The first-order valence-electron chi connectivity index (χ1n) is 6.36. The van der Waals surface area contributed by atoms with Crippen molar-refractivity contribution in [3.8, 4) is 5.69 Å². The van der Waals surface area contributed by atoms with Crippen molar-refractivity contribution >= 4 is 23.4 Å². The van der Waals surface area contributed by atoms with Gasteiger partial charge in [0.25, 0.3) is 0 Å². The Morgan fingerprint density at radius 2 is 2.00 bits per heavy atom. The third-order valence-electron chi connectivity index (χ3n) is 3.24. The van der Waals surface area contributed by atoms with Gasteiger partial charge in [-0.15, -0.1) is 15.0 Å². The Morgan fingerprint density at radius 1 is 1.25 bits per heavy atom. The average Bonchev–Trinajstić information content (AvgIpc) is 3.08. The van der Waals surface area contributed by atoms with Crippen LogP contribution < -0.4 is 4.90 Å². The van der Waals surface area contributed by atoms with Crippen molar-refractivity contribution in [2.75, 3.05) is 18.0 Å². The van der Waals surface area contributed by atoms with E-state index in [1.54, 1.807) is 24.3 Å². The van der Waals surface area contributed by atoms with Crippen LogP contribution >= 0.6 is 11.6 Å². The number of halogens is 1. The molecule has 7 heteroatoms. The highest BCUT2D eigenvalue weighted by Gasteiger charge is 2.25. The van der Waals surface area contributed by atoms with Gasteiger partial charge in [0.15, 0.2) is 5.82 Å². The number of carbonyl (C=O) groups is 1. The SMILES string of the molecule is O=C(O)c1nn(-c2cccc(Cl)c2)nc1N1CCCC1. The van der Waals surface area contributed by atoms with E-state index in [2.05, 4.69) is 10.2 Å². The molecule has 1 fully saturated rings. The van der Waals surface area contributed by atoms with Gasteiger partial charge in [0, 0.05) is 18.1 Å². The molecule has 1 aromatic heterocycles. The molecule has 3 rings (SSSR count). The quantitative estimate of drug-likeness (QED) is 0.939. The third-order valence-corrected chi connectivity index (χ3v) is 3.48. The molecule has 1 saturated heterocycles. The molecule has 1 N–H and O–H groups in total. The van der Waals surface area contributed by atoms with E-state index in [0.29, 0.717) is 16.5 Å². The molecule has 0 atom stereocenters. The number of aromatic carboxylic acids is 1. The lowest BCUT2D eigenvalue weighted by Gasteiger charge is -2.13. The molecular formula is C13H13ClN4O2. The molecule has 20 heavy (non-hydrogen) atoms. The van der Waals surface area contributed by atoms with E-state index in [4.69, 9.17) is 11.6 Å². The molecule has 0 unspecified atom stereocenters. The molecule has 0 radical (unpaired) electrons. The number of carboxylic acids is 1. The topological polar surface area (TPSA) is 71.2 Å². The van der Waals surface area contributed by atoms with E-state index in [-0.39, 0.29) is 5.69 Å². The van der Waals surface area contributed by atoms with Gasteiger partial charge in [-0.1, -0.05) is 17.7 Å². The van der Waals surface area contributed by atoms with Crippen LogP contribution in [0.5, 0.6) is 0 Å². The largest absolute Gasteiger partial charge is 0.476 e. The highest BCUT2D eigenvalue weighted by Crippen LogP contribution is 2.23. The maximum atomic E-state index is 11.3. The number of aromatic nitrogens is 3. The summed E-state index contributed by atoms with van der Waals surface area (Å²) in [5, 5.41) is 18.2. The van der Waals surface area contributed by atoms with Gasteiger partial charge in [-0.3, -0.25) is 0 Å². The van der Waals surface area contributed by atoms with E-state index in [1.165, 1.54) is 4.80 Å². The summed E-state index contributed by atoms with van der Waals surface area (Å²) in [6, 6.07) is 7.00. The predicted molar refractivity (Wildman–Crippen MR) is 74.8 cm³/mol. The molecule has 2 heterocycles. The summed E-state index contributed by atoms with van der Waals surface area (Å²) in [4.78, 5) is 14.6. The van der Waals surface area contributed by atoms with E-state index < -0.39 is 5.97 Å². The smallest absolute Gasteiger partial charge is 0.360 e. The summed E-state index contributed by atoms with van der Waals surface area (Å²) in [7, 11) is 0. The minimum Gasteiger partial charge on any atom is -0.476 e. The number of benzene rings is 1. The zero-order valence-corrected chi connectivity index (χ0v) is 11.4. The normalized spacial score (nSPS) is 14.8. The second-order valence-corrected chi connectivity index (χ2v) is 5.08. The monoisotopic (exact) mass is 292 g/mol. The summed E-state index contributed by atoms with van der Waals surface area (Å²) in [5.74, 6) is -0.643. The summed E-state index contributed by atoms with van der Waals surface area (Å²) in [5.41, 5.74) is 0.623. The lowest BCUT2D eigenvalue weighted by atomic mass is 10.3. The number of carboxylic acid groups (broad SMARTS) is 1. The van der Waals surface area contributed by atoms with Crippen molar-refractivity contribution in [1.29, 1.82) is 0 Å². The molecule has 2 aromatic rings. The van der Waals surface area contributed by atoms with Crippen molar-refractivity contribution in [3.05, 3.63) is 35.0 Å². The van der Waals surface area contributed by atoms with Crippen molar-refractivity contribution in [2.45, 2.75) is 12.8 Å². The first kappa shape index (κ1) is 12.9. The first-order chi connectivity index (χ1) is 9.65. The van der Waals surface area contributed by atoms with Crippen LogP contribution in [0.1, 0.15) is 23.3 Å². The second kappa shape index (κ2) is 5.13. The fourth-order valence-corrected chi connectivity index (χ4v) is 2.48.